The van der Waals surface area contributed by atoms with Crippen LogP contribution in [0.2, 0.25) is 18.1 Å². The second-order valence-corrected chi connectivity index (χ2v) is 19.5. The van der Waals surface area contributed by atoms with Gasteiger partial charge < -0.3 is 29.2 Å². The minimum absolute atomic E-state index is 0.0889. The molecule has 246 valence electrons. The fraction of sp³-hybridized carbons (Fsp3) is 0.529. The predicted molar refractivity (Wildman–Crippen MR) is 186 cm³/mol. The average Bonchev–Trinajstić information content (AvgIpc) is 3.51. The number of pyridine rings is 1. The summed E-state index contributed by atoms with van der Waals surface area (Å²) in [7, 11) is 0.151. The monoisotopic (exact) mass is 644 g/mol. The molecule has 0 aliphatic carbocycles. The van der Waals surface area contributed by atoms with Crippen LogP contribution in [0.25, 0.3) is 0 Å². The van der Waals surface area contributed by atoms with Crippen LogP contribution in [0.3, 0.4) is 0 Å². The lowest BCUT2D eigenvalue weighted by atomic mass is 9.87. The van der Waals surface area contributed by atoms with Crippen molar-refractivity contribution in [1.82, 2.24) is 19.9 Å². The molecule has 46 heavy (non-hydrogen) atoms. The summed E-state index contributed by atoms with van der Waals surface area (Å²) in [6.07, 6.45) is 1.56. The minimum atomic E-state index is -2.02. The SMILES string of the molecule is C[C@H]1COC(=O)N1c1cccc(N2CC(C)(CO[Si](C)(C)C(C)(C)C)c3cnc(Nc4ccc(N5CCN(C)CC5)cc4)nc32)n1. The molecule has 2 saturated heterocycles. The van der Waals surface area contributed by atoms with Gasteiger partial charge in [-0.2, -0.15) is 4.98 Å². The number of nitrogens with one attached hydrogen (secondary N) is 1. The van der Waals surface area contributed by atoms with Crippen LogP contribution in [-0.2, 0) is 14.6 Å². The number of piperazine rings is 1. The lowest BCUT2D eigenvalue weighted by Crippen LogP contribution is -2.45. The molecule has 2 atom stereocenters. The Labute approximate surface area is 274 Å². The third-order valence-electron chi connectivity index (χ3n) is 10.1. The molecule has 1 amide bonds. The Hall–Kier alpha value is -3.74. The van der Waals surface area contributed by atoms with E-state index in [1.54, 1.807) is 4.90 Å². The molecule has 11 nitrogen and oxygen atoms in total. The predicted octanol–water partition coefficient (Wildman–Crippen LogP) is 6.14. The first-order chi connectivity index (χ1) is 21.7. The summed E-state index contributed by atoms with van der Waals surface area (Å²) in [5.74, 6) is 2.57. The third kappa shape index (κ3) is 6.30. The summed E-state index contributed by atoms with van der Waals surface area (Å²) in [5, 5.41) is 3.51. The zero-order chi connectivity index (χ0) is 32.9. The van der Waals surface area contributed by atoms with Gasteiger partial charge in [-0.15, -0.1) is 0 Å². The maximum Gasteiger partial charge on any atom is 0.415 e. The van der Waals surface area contributed by atoms with Crippen molar-refractivity contribution in [3.8, 4) is 0 Å². The highest BCUT2D eigenvalue weighted by Gasteiger charge is 2.46. The van der Waals surface area contributed by atoms with Gasteiger partial charge in [-0.3, -0.25) is 4.90 Å². The molecule has 3 aliphatic rings. The zero-order valence-corrected chi connectivity index (χ0v) is 29.5. The van der Waals surface area contributed by atoms with E-state index in [1.807, 2.05) is 31.3 Å². The Morgan fingerprint density at radius 2 is 1.74 bits per heavy atom. The van der Waals surface area contributed by atoms with Gasteiger partial charge in [0.2, 0.25) is 5.95 Å². The van der Waals surface area contributed by atoms with Gasteiger partial charge in [-0.25, -0.2) is 14.8 Å². The molecule has 12 heteroatoms. The van der Waals surface area contributed by atoms with Crippen LogP contribution >= 0.6 is 0 Å². The van der Waals surface area contributed by atoms with Crippen molar-refractivity contribution < 1.29 is 14.0 Å². The number of cyclic esters (lactones) is 1. The number of carbonyl (C=O) groups excluding carboxylic acids is 1. The summed E-state index contributed by atoms with van der Waals surface area (Å²) in [6, 6.07) is 14.1. The molecule has 1 N–H and O–H groups in total. The number of nitrogens with zero attached hydrogens (tertiary/aromatic N) is 7. The number of amides is 1. The van der Waals surface area contributed by atoms with E-state index in [-0.39, 0.29) is 22.6 Å². The molecule has 1 aromatic carbocycles. The molecule has 2 fully saturated rings. The topological polar surface area (TPSA) is 99.2 Å². The van der Waals surface area contributed by atoms with Crippen molar-refractivity contribution in [3.63, 3.8) is 0 Å². The van der Waals surface area contributed by atoms with Crippen LogP contribution in [0.15, 0.2) is 48.7 Å². The number of ether oxygens (including phenoxy) is 1. The van der Waals surface area contributed by atoms with E-state index in [2.05, 4.69) is 92.1 Å². The Bertz CT molecular complexity index is 1570. The van der Waals surface area contributed by atoms with Gasteiger partial charge in [0.1, 0.15) is 24.1 Å². The first-order valence-corrected chi connectivity index (χ1v) is 19.2. The maximum atomic E-state index is 12.5. The minimum Gasteiger partial charge on any atom is -0.447 e. The van der Waals surface area contributed by atoms with Crippen molar-refractivity contribution in [2.45, 2.75) is 64.2 Å². The molecular formula is C34H48N8O3Si. The van der Waals surface area contributed by atoms with E-state index >= 15 is 0 Å². The highest BCUT2D eigenvalue weighted by molar-refractivity contribution is 6.74. The molecule has 2 aromatic heterocycles. The summed E-state index contributed by atoms with van der Waals surface area (Å²) >= 11 is 0. The Balaban J connectivity index is 1.30. The molecule has 0 spiro atoms. The van der Waals surface area contributed by atoms with E-state index in [0.717, 1.165) is 43.2 Å². The normalized spacial score (nSPS) is 22.3. The average molecular weight is 645 g/mol. The van der Waals surface area contributed by atoms with Crippen molar-refractivity contribution in [2.24, 2.45) is 0 Å². The van der Waals surface area contributed by atoms with Crippen LogP contribution in [0.1, 0.15) is 40.2 Å². The van der Waals surface area contributed by atoms with Crippen molar-refractivity contribution in [1.29, 1.82) is 0 Å². The third-order valence-corrected chi connectivity index (χ3v) is 14.5. The lowest BCUT2D eigenvalue weighted by Gasteiger charge is -2.39. The number of fused-ring (bicyclic) bond motifs is 1. The first-order valence-electron chi connectivity index (χ1n) is 16.3. The zero-order valence-electron chi connectivity index (χ0n) is 28.5. The molecular weight excluding hydrogens is 597 g/mol. The second kappa shape index (κ2) is 12.1. The molecule has 0 bridgehead atoms. The van der Waals surface area contributed by atoms with Gasteiger partial charge in [0, 0.05) is 67.9 Å². The number of carbonyl (C=O) groups is 1. The Morgan fingerprint density at radius 1 is 1.04 bits per heavy atom. The van der Waals surface area contributed by atoms with Gasteiger partial charge in [0.25, 0.3) is 0 Å². The summed E-state index contributed by atoms with van der Waals surface area (Å²) < 4.78 is 12.1. The second-order valence-electron chi connectivity index (χ2n) is 14.7. The summed E-state index contributed by atoms with van der Waals surface area (Å²) in [6.45, 7) is 21.2. The highest BCUT2D eigenvalue weighted by Crippen LogP contribution is 2.45. The van der Waals surface area contributed by atoms with Gasteiger partial charge in [0.15, 0.2) is 8.32 Å². The van der Waals surface area contributed by atoms with Gasteiger partial charge in [0.05, 0.1) is 6.04 Å². The molecule has 3 aromatic rings. The summed E-state index contributed by atoms with van der Waals surface area (Å²) in [5.41, 5.74) is 2.79. The Kier molecular flexibility index (Phi) is 8.49. The first kappa shape index (κ1) is 32.2. The highest BCUT2D eigenvalue weighted by atomic mass is 28.4. The van der Waals surface area contributed by atoms with Gasteiger partial charge in [-0.1, -0.05) is 33.8 Å². The van der Waals surface area contributed by atoms with E-state index in [9.17, 15) is 4.79 Å². The molecule has 6 rings (SSSR count). The maximum absolute atomic E-state index is 12.5. The number of likely N-dealkylation sites (N-methyl/N-ethyl adjacent to an activating group) is 1. The quantitative estimate of drug-likeness (QED) is 0.288. The number of benzene rings is 1. The number of hydrogen-bond donors (Lipinski definition) is 1. The molecule has 5 heterocycles. The summed E-state index contributed by atoms with van der Waals surface area (Å²) in [4.78, 5) is 35.9. The fourth-order valence-corrected chi connectivity index (χ4v) is 7.04. The number of rotatable bonds is 8. The molecule has 1 unspecified atom stereocenters. The van der Waals surface area contributed by atoms with Crippen molar-refractivity contribution >= 4 is 49.2 Å². The van der Waals surface area contributed by atoms with Crippen LogP contribution in [-0.4, -0.2) is 93.3 Å². The van der Waals surface area contributed by atoms with Gasteiger partial charge >= 0.3 is 6.09 Å². The fourth-order valence-electron chi connectivity index (χ4n) is 5.92. The van der Waals surface area contributed by atoms with Crippen LogP contribution in [0.4, 0.5) is 39.6 Å². The van der Waals surface area contributed by atoms with Crippen LogP contribution in [0.5, 0.6) is 0 Å². The largest absolute Gasteiger partial charge is 0.447 e. The Morgan fingerprint density at radius 3 is 2.39 bits per heavy atom. The number of anilines is 6. The van der Waals surface area contributed by atoms with Crippen LogP contribution in [0, 0.1) is 0 Å². The van der Waals surface area contributed by atoms with Crippen LogP contribution < -0.4 is 20.0 Å². The van der Waals surface area contributed by atoms with E-state index < -0.39 is 8.32 Å². The number of aromatic nitrogens is 3. The lowest BCUT2D eigenvalue weighted by molar-refractivity contribution is 0.179. The molecule has 0 saturated carbocycles. The molecule has 0 radical (unpaired) electrons. The van der Waals surface area contributed by atoms with Gasteiger partial charge in [-0.05, 0) is 68.5 Å². The van der Waals surface area contributed by atoms with E-state index in [4.69, 9.17) is 24.1 Å². The number of hydrogen-bond acceptors (Lipinski definition) is 10. The van der Waals surface area contributed by atoms with E-state index in [1.165, 1.54) is 5.69 Å². The standard InChI is InChI=1S/C34H48N8O3Si/c1-24-21-44-32(43)42(24)29-11-9-10-28(37-29)41-22-34(5,23-45-46(7,8)33(2,3)4)27-20-35-31(38-30(27)41)36-25-12-14-26(15-13-25)40-18-16-39(6)17-19-40/h9-15,20,24H,16-19,21-23H2,1-8H3,(H,35,36,38)/t24-,34?/m0/s1. The van der Waals surface area contributed by atoms with Crippen molar-refractivity contribution in [2.75, 3.05) is 73.0 Å². The van der Waals surface area contributed by atoms with Crippen molar-refractivity contribution in [3.05, 3.63) is 54.2 Å². The van der Waals surface area contributed by atoms with E-state index in [0.29, 0.717) is 37.3 Å². The molecule has 3 aliphatic heterocycles. The smallest absolute Gasteiger partial charge is 0.415 e.